The molecule has 0 radical (unpaired) electrons. The number of ketones is 1. The number of rotatable bonds is 7. The summed E-state index contributed by atoms with van der Waals surface area (Å²) >= 11 is 1.28. The van der Waals surface area contributed by atoms with Crippen molar-refractivity contribution in [2.75, 3.05) is 11.9 Å². The highest BCUT2D eigenvalue weighted by molar-refractivity contribution is 7.12. The third-order valence-corrected chi connectivity index (χ3v) is 3.77. The van der Waals surface area contributed by atoms with E-state index in [1.807, 2.05) is 0 Å². The summed E-state index contributed by atoms with van der Waals surface area (Å²) < 4.78 is 30.7. The van der Waals surface area contributed by atoms with Gasteiger partial charge in [-0.1, -0.05) is 6.07 Å². The zero-order valence-electron chi connectivity index (χ0n) is 12.4. The highest BCUT2D eigenvalue weighted by Crippen LogP contribution is 2.13. The number of carbonyl (C=O) groups excluding carboxylic acids is 3. The molecule has 0 spiro atoms. The molecule has 1 aromatic heterocycles. The van der Waals surface area contributed by atoms with Crippen molar-refractivity contribution in [2.45, 2.75) is 12.8 Å². The van der Waals surface area contributed by atoms with Gasteiger partial charge in [0.25, 0.3) is 5.91 Å². The van der Waals surface area contributed by atoms with Crippen LogP contribution in [0, 0.1) is 11.6 Å². The van der Waals surface area contributed by atoms with Gasteiger partial charge < -0.3 is 10.1 Å². The molecule has 0 saturated carbocycles. The summed E-state index contributed by atoms with van der Waals surface area (Å²) in [5.74, 6) is -3.30. The molecule has 0 fully saturated rings. The summed E-state index contributed by atoms with van der Waals surface area (Å²) in [4.78, 5) is 35.3. The summed E-state index contributed by atoms with van der Waals surface area (Å²) in [7, 11) is 0. The lowest BCUT2D eigenvalue weighted by molar-refractivity contribution is -0.147. The Balaban J connectivity index is 1.73. The molecule has 2 aromatic rings. The summed E-state index contributed by atoms with van der Waals surface area (Å²) in [6.45, 7) is -0.607. The van der Waals surface area contributed by atoms with Crippen molar-refractivity contribution < 1.29 is 27.9 Å². The van der Waals surface area contributed by atoms with Crippen LogP contribution in [0.25, 0.3) is 0 Å². The van der Waals surface area contributed by atoms with Crippen LogP contribution in [-0.2, 0) is 14.3 Å². The van der Waals surface area contributed by atoms with Crippen LogP contribution in [0.15, 0.2) is 35.7 Å². The van der Waals surface area contributed by atoms with Crippen LogP contribution in [-0.4, -0.2) is 24.3 Å². The molecule has 2 rings (SSSR count). The zero-order chi connectivity index (χ0) is 17.5. The monoisotopic (exact) mass is 353 g/mol. The Morgan fingerprint density at radius 2 is 1.79 bits per heavy atom. The molecule has 8 heteroatoms. The zero-order valence-corrected chi connectivity index (χ0v) is 13.2. The first kappa shape index (κ1) is 17.7. The minimum absolute atomic E-state index is 0.0178. The molecule has 0 aliphatic rings. The third kappa shape index (κ3) is 5.54. The summed E-state index contributed by atoms with van der Waals surface area (Å²) in [5.41, 5.74) is -0.0820. The minimum Gasteiger partial charge on any atom is -0.456 e. The van der Waals surface area contributed by atoms with Crippen molar-refractivity contribution in [3.63, 3.8) is 0 Å². The standard InChI is InChI=1S/C16H13F2NO4S/c17-10-6-11(18)8-12(7-10)19-15(21)9-23-16(22)4-3-13(20)14-2-1-5-24-14/h1-2,5-8H,3-4,9H2,(H,19,21). The minimum atomic E-state index is -0.839. The summed E-state index contributed by atoms with van der Waals surface area (Å²) in [6, 6.07) is 5.92. The number of Topliss-reactive ketones (excluding diaryl/α,β-unsaturated/α-hetero) is 1. The average molecular weight is 353 g/mol. The molecule has 1 N–H and O–H groups in total. The van der Waals surface area contributed by atoms with Gasteiger partial charge in [0.15, 0.2) is 12.4 Å². The van der Waals surface area contributed by atoms with Crippen LogP contribution >= 0.6 is 11.3 Å². The smallest absolute Gasteiger partial charge is 0.306 e. The van der Waals surface area contributed by atoms with Crippen molar-refractivity contribution in [1.82, 2.24) is 0 Å². The lowest BCUT2D eigenvalue weighted by Crippen LogP contribution is -2.21. The largest absolute Gasteiger partial charge is 0.456 e. The Morgan fingerprint density at radius 1 is 1.08 bits per heavy atom. The quantitative estimate of drug-likeness (QED) is 0.613. The number of nitrogens with one attached hydrogen (secondary N) is 1. The fourth-order valence-corrected chi connectivity index (χ4v) is 2.51. The Hall–Kier alpha value is -2.61. The maximum atomic E-state index is 13.0. The Kier molecular flexibility index (Phi) is 6.14. The summed E-state index contributed by atoms with van der Waals surface area (Å²) in [5, 5.41) is 3.96. The second-order valence-corrected chi connectivity index (χ2v) is 5.72. The predicted octanol–water partition coefficient (Wildman–Crippen LogP) is 3.17. The lowest BCUT2D eigenvalue weighted by Gasteiger charge is -2.07. The molecular weight excluding hydrogens is 340 g/mol. The van der Waals surface area contributed by atoms with Gasteiger partial charge in [-0.25, -0.2) is 8.78 Å². The predicted molar refractivity (Wildman–Crippen MR) is 83.8 cm³/mol. The van der Waals surface area contributed by atoms with Gasteiger partial charge in [-0.15, -0.1) is 11.3 Å². The fourth-order valence-electron chi connectivity index (χ4n) is 1.82. The normalized spacial score (nSPS) is 10.2. The van der Waals surface area contributed by atoms with E-state index in [2.05, 4.69) is 5.32 Å². The van der Waals surface area contributed by atoms with Crippen molar-refractivity contribution in [2.24, 2.45) is 0 Å². The number of hydrogen-bond acceptors (Lipinski definition) is 5. The number of amides is 1. The fraction of sp³-hybridized carbons (Fsp3) is 0.188. The molecule has 1 heterocycles. The van der Waals surface area contributed by atoms with Gasteiger partial charge in [-0.3, -0.25) is 14.4 Å². The SMILES string of the molecule is O=C(COC(=O)CCC(=O)c1cccs1)Nc1cc(F)cc(F)c1. The maximum Gasteiger partial charge on any atom is 0.306 e. The third-order valence-electron chi connectivity index (χ3n) is 2.86. The average Bonchev–Trinajstić information content (AvgIpc) is 3.04. The molecule has 1 amide bonds. The van der Waals surface area contributed by atoms with E-state index in [1.54, 1.807) is 17.5 Å². The van der Waals surface area contributed by atoms with Crippen LogP contribution in [0.2, 0.25) is 0 Å². The molecule has 0 atom stereocenters. The Morgan fingerprint density at radius 3 is 2.42 bits per heavy atom. The first-order valence-electron chi connectivity index (χ1n) is 6.92. The first-order valence-corrected chi connectivity index (χ1v) is 7.80. The van der Waals surface area contributed by atoms with Crippen molar-refractivity contribution in [3.8, 4) is 0 Å². The van der Waals surface area contributed by atoms with E-state index in [0.29, 0.717) is 10.9 Å². The molecule has 0 aliphatic carbocycles. The molecule has 24 heavy (non-hydrogen) atoms. The van der Waals surface area contributed by atoms with Gasteiger partial charge in [0.2, 0.25) is 0 Å². The molecule has 0 bridgehead atoms. The van der Waals surface area contributed by atoms with Crippen molar-refractivity contribution >= 4 is 34.7 Å². The molecular formula is C16H13F2NO4S. The van der Waals surface area contributed by atoms with Gasteiger partial charge in [0.1, 0.15) is 11.6 Å². The van der Waals surface area contributed by atoms with E-state index < -0.39 is 30.1 Å². The number of esters is 1. The number of benzene rings is 1. The maximum absolute atomic E-state index is 13.0. The number of thiophene rings is 1. The molecule has 0 unspecified atom stereocenters. The van der Waals surface area contributed by atoms with Crippen LogP contribution < -0.4 is 5.32 Å². The van der Waals surface area contributed by atoms with Gasteiger partial charge in [0.05, 0.1) is 11.3 Å². The number of ether oxygens (including phenoxy) is 1. The highest BCUT2D eigenvalue weighted by Gasteiger charge is 2.13. The van der Waals surface area contributed by atoms with Crippen LogP contribution in [0.4, 0.5) is 14.5 Å². The topological polar surface area (TPSA) is 72.5 Å². The van der Waals surface area contributed by atoms with E-state index in [1.165, 1.54) is 11.3 Å². The van der Waals surface area contributed by atoms with Crippen LogP contribution in [0.5, 0.6) is 0 Å². The number of anilines is 1. The van der Waals surface area contributed by atoms with E-state index in [-0.39, 0.29) is 24.3 Å². The van der Waals surface area contributed by atoms with E-state index in [9.17, 15) is 23.2 Å². The van der Waals surface area contributed by atoms with Crippen LogP contribution in [0.3, 0.4) is 0 Å². The molecule has 5 nitrogen and oxygen atoms in total. The Bertz CT molecular complexity index is 726. The van der Waals surface area contributed by atoms with Gasteiger partial charge in [-0.2, -0.15) is 0 Å². The number of hydrogen-bond donors (Lipinski definition) is 1. The molecule has 1 aromatic carbocycles. The van der Waals surface area contributed by atoms with E-state index in [0.717, 1.165) is 12.1 Å². The second kappa shape index (κ2) is 8.30. The molecule has 0 aliphatic heterocycles. The van der Waals surface area contributed by atoms with Gasteiger partial charge in [0, 0.05) is 18.2 Å². The molecule has 0 saturated heterocycles. The Labute approximate surface area is 140 Å². The second-order valence-electron chi connectivity index (χ2n) is 4.77. The van der Waals surface area contributed by atoms with Gasteiger partial charge in [-0.05, 0) is 23.6 Å². The van der Waals surface area contributed by atoms with Crippen LogP contribution in [0.1, 0.15) is 22.5 Å². The summed E-state index contributed by atoms with van der Waals surface area (Å²) in [6.07, 6.45) is -0.172. The number of carbonyl (C=O) groups is 3. The van der Waals surface area contributed by atoms with Crippen molar-refractivity contribution in [1.29, 1.82) is 0 Å². The highest BCUT2D eigenvalue weighted by atomic mass is 32.1. The van der Waals surface area contributed by atoms with Gasteiger partial charge >= 0.3 is 5.97 Å². The first-order chi connectivity index (χ1) is 11.4. The van der Waals surface area contributed by atoms with E-state index in [4.69, 9.17) is 4.74 Å². The molecule has 126 valence electrons. The van der Waals surface area contributed by atoms with E-state index >= 15 is 0 Å². The lowest BCUT2D eigenvalue weighted by atomic mass is 10.2. The van der Waals surface area contributed by atoms with Crippen molar-refractivity contribution in [3.05, 3.63) is 52.2 Å². The number of halogens is 2.